The van der Waals surface area contributed by atoms with E-state index < -0.39 is 60.2 Å². The molecular formula is C22H41N5O7. The molecule has 0 aromatic heterocycles. The Kier molecular flexibility index (Phi) is 14.7. The number of carboxylic acids is 2. The van der Waals surface area contributed by atoms with E-state index in [0.717, 1.165) is 0 Å². The zero-order chi connectivity index (χ0) is 26.4. The number of amides is 3. The molecule has 196 valence electrons. The van der Waals surface area contributed by atoms with Crippen LogP contribution in [0.4, 0.5) is 0 Å². The summed E-state index contributed by atoms with van der Waals surface area (Å²) >= 11 is 0. The van der Waals surface area contributed by atoms with E-state index in [1.807, 2.05) is 27.7 Å². The first-order chi connectivity index (χ1) is 15.8. The molecule has 12 heteroatoms. The fourth-order valence-electron chi connectivity index (χ4n) is 3.16. The van der Waals surface area contributed by atoms with Crippen molar-refractivity contribution in [1.29, 1.82) is 0 Å². The number of nitrogens with one attached hydrogen (secondary N) is 3. The largest absolute Gasteiger partial charge is 0.481 e. The second-order valence-electron chi connectivity index (χ2n) is 8.94. The Morgan fingerprint density at radius 1 is 0.824 bits per heavy atom. The maximum absolute atomic E-state index is 13.0. The Morgan fingerprint density at radius 3 is 1.82 bits per heavy atom. The van der Waals surface area contributed by atoms with Crippen LogP contribution in [-0.2, 0) is 24.0 Å². The number of rotatable bonds is 17. The third-order valence-electron chi connectivity index (χ3n) is 5.47. The van der Waals surface area contributed by atoms with Crippen LogP contribution in [0.5, 0.6) is 0 Å². The fraction of sp³-hybridized carbons (Fsp3) is 0.773. The molecule has 0 rings (SSSR count). The Balaban J connectivity index is 5.56. The van der Waals surface area contributed by atoms with E-state index in [1.54, 1.807) is 0 Å². The van der Waals surface area contributed by atoms with Crippen molar-refractivity contribution in [1.82, 2.24) is 16.0 Å². The molecule has 0 bridgehead atoms. The van der Waals surface area contributed by atoms with E-state index in [0.29, 0.717) is 25.8 Å². The average molecular weight is 488 g/mol. The molecule has 3 amide bonds. The van der Waals surface area contributed by atoms with Crippen LogP contribution in [0.15, 0.2) is 0 Å². The number of carbonyl (C=O) groups is 5. The highest BCUT2D eigenvalue weighted by Crippen LogP contribution is 2.10. The molecule has 0 saturated heterocycles. The summed E-state index contributed by atoms with van der Waals surface area (Å²) in [7, 11) is 0. The summed E-state index contributed by atoms with van der Waals surface area (Å²) in [5.41, 5.74) is 11.5. The average Bonchev–Trinajstić information content (AvgIpc) is 2.75. The van der Waals surface area contributed by atoms with Crippen LogP contribution in [-0.4, -0.2) is 70.6 Å². The number of carboxylic acid groups (broad SMARTS) is 2. The van der Waals surface area contributed by atoms with Gasteiger partial charge in [-0.05, 0) is 44.1 Å². The Bertz CT molecular complexity index is 701. The lowest BCUT2D eigenvalue weighted by atomic mass is 9.98. The first kappa shape index (κ1) is 31.3. The molecule has 34 heavy (non-hydrogen) atoms. The molecular weight excluding hydrogens is 446 g/mol. The highest BCUT2D eigenvalue weighted by atomic mass is 16.4. The van der Waals surface area contributed by atoms with Crippen molar-refractivity contribution in [2.45, 2.75) is 90.4 Å². The summed E-state index contributed by atoms with van der Waals surface area (Å²) in [5, 5.41) is 25.5. The minimum absolute atomic E-state index is 0.0529. The third-order valence-corrected chi connectivity index (χ3v) is 5.47. The summed E-state index contributed by atoms with van der Waals surface area (Å²) in [6, 6.07) is -4.55. The molecule has 0 aliphatic heterocycles. The van der Waals surface area contributed by atoms with Gasteiger partial charge in [0.2, 0.25) is 17.7 Å². The van der Waals surface area contributed by atoms with Gasteiger partial charge in [-0.1, -0.05) is 34.1 Å². The number of carbonyl (C=O) groups excluding carboxylic acids is 3. The molecule has 12 nitrogen and oxygen atoms in total. The molecule has 9 N–H and O–H groups in total. The number of aliphatic carboxylic acids is 2. The van der Waals surface area contributed by atoms with Gasteiger partial charge in [-0.25, -0.2) is 4.79 Å². The van der Waals surface area contributed by atoms with Crippen LogP contribution >= 0.6 is 0 Å². The summed E-state index contributed by atoms with van der Waals surface area (Å²) in [5.74, 6) is -4.97. The van der Waals surface area contributed by atoms with E-state index in [4.69, 9.17) is 16.6 Å². The maximum Gasteiger partial charge on any atom is 0.326 e. The van der Waals surface area contributed by atoms with E-state index in [-0.39, 0.29) is 24.7 Å². The van der Waals surface area contributed by atoms with Gasteiger partial charge in [0.05, 0.1) is 12.5 Å². The van der Waals surface area contributed by atoms with Crippen LogP contribution < -0.4 is 27.4 Å². The molecule has 0 aromatic rings. The van der Waals surface area contributed by atoms with Gasteiger partial charge in [-0.15, -0.1) is 0 Å². The van der Waals surface area contributed by atoms with Gasteiger partial charge in [0, 0.05) is 0 Å². The minimum atomic E-state index is -1.65. The van der Waals surface area contributed by atoms with Gasteiger partial charge in [-0.2, -0.15) is 0 Å². The predicted octanol–water partition coefficient (Wildman–Crippen LogP) is -0.451. The van der Waals surface area contributed by atoms with E-state index >= 15 is 0 Å². The van der Waals surface area contributed by atoms with Crippen LogP contribution in [0.1, 0.15) is 66.2 Å². The van der Waals surface area contributed by atoms with E-state index in [2.05, 4.69) is 16.0 Å². The predicted molar refractivity (Wildman–Crippen MR) is 125 cm³/mol. The van der Waals surface area contributed by atoms with Crippen molar-refractivity contribution < 1.29 is 34.2 Å². The van der Waals surface area contributed by atoms with Crippen molar-refractivity contribution in [2.75, 3.05) is 6.54 Å². The summed E-state index contributed by atoms with van der Waals surface area (Å²) in [6.45, 7) is 7.75. The zero-order valence-corrected chi connectivity index (χ0v) is 20.5. The number of hydrogen-bond donors (Lipinski definition) is 7. The summed E-state index contributed by atoms with van der Waals surface area (Å²) < 4.78 is 0. The van der Waals surface area contributed by atoms with Crippen molar-refractivity contribution in [3.05, 3.63) is 0 Å². The van der Waals surface area contributed by atoms with Crippen LogP contribution in [0, 0.1) is 11.8 Å². The molecule has 5 atom stereocenters. The Labute approximate surface area is 200 Å². The fourth-order valence-corrected chi connectivity index (χ4v) is 3.16. The van der Waals surface area contributed by atoms with Gasteiger partial charge >= 0.3 is 11.9 Å². The summed E-state index contributed by atoms with van der Waals surface area (Å²) in [4.78, 5) is 60.6. The van der Waals surface area contributed by atoms with E-state index in [9.17, 15) is 29.1 Å². The van der Waals surface area contributed by atoms with Crippen molar-refractivity contribution in [2.24, 2.45) is 23.3 Å². The van der Waals surface area contributed by atoms with Gasteiger partial charge in [-0.3, -0.25) is 19.2 Å². The lowest BCUT2D eigenvalue weighted by molar-refractivity contribution is -0.147. The molecule has 5 unspecified atom stereocenters. The van der Waals surface area contributed by atoms with Gasteiger partial charge in [0.15, 0.2) is 0 Å². The van der Waals surface area contributed by atoms with Crippen molar-refractivity contribution in [3.63, 3.8) is 0 Å². The lowest BCUT2D eigenvalue weighted by Gasteiger charge is -2.26. The van der Waals surface area contributed by atoms with Gasteiger partial charge < -0.3 is 37.6 Å². The quantitative estimate of drug-likeness (QED) is 0.132. The first-order valence-electron chi connectivity index (χ1n) is 11.6. The molecule has 0 heterocycles. The molecule has 0 spiro atoms. The normalized spacial score (nSPS) is 15.5. The molecule has 0 saturated carbocycles. The number of nitrogens with two attached hydrogens (primary N) is 2. The third kappa shape index (κ3) is 11.9. The summed E-state index contributed by atoms with van der Waals surface area (Å²) in [6.07, 6.45) is 1.49. The second-order valence-corrected chi connectivity index (χ2v) is 8.94. The van der Waals surface area contributed by atoms with Crippen LogP contribution in [0.25, 0.3) is 0 Å². The minimum Gasteiger partial charge on any atom is -0.481 e. The van der Waals surface area contributed by atoms with Crippen LogP contribution in [0.2, 0.25) is 0 Å². The molecule has 0 aromatic carbocycles. The topological polar surface area (TPSA) is 214 Å². The Morgan fingerprint density at radius 2 is 1.35 bits per heavy atom. The zero-order valence-electron chi connectivity index (χ0n) is 20.5. The Hall–Kier alpha value is -2.73. The molecule has 0 aliphatic carbocycles. The molecule has 0 radical (unpaired) electrons. The van der Waals surface area contributed by atoms with Crippen molar-refractivity contribution >= 4 is 29.7 Å². The highest BCUT2D eigenvalue weighted by molar-refractivity contribution is 5.94. The highest BCUT2D eigenvalue weighted by Gasteiger charge is 2.31. The van der Waals surface area contributed by atoms with E-state index in [1.165, 1.54) is 0 Å². The second kappa shape index (κ2) is 16.0. The van der Waals surface area contributed by atoms with Crippen LogP contribution in [0.3, 0.4) is 0 Å². The first-order valence-corrected chi connectivity index (χ1v) is 11.6. The van der Waals surface area contributed by atoms with Crippen molar-refractivity contribution in [3.8, 4) is 0 Å². The number of unbranched alkanes of at least 4 members (excludes halogenated alkanes) is 1. The van der Waals surface area contributed by atoms with Gasteiger partial charge in [0.25, 0.3) is 0 Å². The molecule has 0 aliphatic rings. The lowest BCUT2D eigenvalue weighted by Crippen LogP contribution is -2.58. The van der Waals surface area contributed by atoms with Gasteiger partial charge in [0.1, 0.15) is 18.1 Å². The SMILES string of the molecule is CCC(C)C(N)C(=O)NC(CCCCN)C(=O)NC(CC(C)C)C(=O)NC(CC(=O)O)C(=O)O. The number of hydrogen-bond acceptors (Lipinski definition) is 7. The maximum atomic E-state index is 13.0. The monoisotopic (exact) mass is 487 g/mol. The smallest absolute Gasteiger partial charge is 0.326 e. The molecule has 0 fully saturated rings. The standard InChI is InChI=1S/C22H41N5O7/c1-5-13(4)18(24)21(32)25-14(8-6-7-9-23)19(30)26-15(10-12(2)3)20(31)27-16(22(33)34)11-17(28)29/h12-16,18H,5-11,23-24H2,1-4H3,(H,25,32)(H,26,30)(H,27,31)(H,28,29)(H,33,34).